The summed E-state index contributed by atoms with van der Waals surface area (Å²) in [5, 5.41) is 9.73. The number of pyridine rings is 2. The fourth-order valence-electron chi connectivity index (χ4n) is 3.37. The second-order valence-corrected chi connectivity index (χ2v) is 8.09. The van der Waals surface area contributed by atoms with E-state index in [1.165, 1.54) is 6.92 Å². The van der Waals surface area contributed by atoms with Crippen LogP contribution >= 0.6 is 0 Å². The van der Waals surface area contributed by atoms with Crippen LogP contribution in [0.5, 0.6) is 5.88 Å². The summed E-state index contributed by atoms with van der Waals surface area (Å²) in [6.45, 7) is 5.82. The van der Waals surface area contributed by atoms with E-state index in [0.717, 1.165) is 5.56 Å². The second-order valence-electron chi connectivity index (χ2n) is 8.09. The Morgan fingerprint density at radius 2 is 2.12 bits per heavy atom. The van der Waals surface area contributed by atoms with E-state index >= 15 is 0 Å². The van der Waals surface area contributed by atoms with Gasteiger partial charge in [0.25, 0.3) is 5.91 Å². The normalized spacial score (nSPS) is 18.9. The molecule has 0 radical (unpaired) electrons. The number of hydrogen-bond acceptors (Lipinski definition) is 6. The van der Waals surface area contributed by atoms with Gasteiger partial charge in [0.15, 0.2) is 0 Å². The maximum Gasteiger partial charge on any atom is 0.259 e. The maximum atomic E-state index is 13.4. The summed E-state index contributed by atoms with van der Waals surface area (Å²) in [5.41, 5.74) is 1.59. The number of aliphatic hydroxyl groups is 1. The van der Waals surface area contributed by atoms with Gasteiger partial charge in [0.2, 0.25) is 11.8 Å². The number of likely N-dealkylation sites (N-methyl/N-ethyl adjacent to an activating group) is 1. The minimum Gasteiger partial charge on any atom is -0.472 e. The molecule has 0 aromatic carbocycles. The molecule has 2 aromatic heterocycles. The highest BCUT2D eigenvalue weighted by Crippen LogP contribution is 2.27. The van der Waals surface area contributed by atoms with E-state index < -0.39 is 0 Å². The zero-order valence-electron chi connectivity index (χ0n) is 18.8. The quantitative estimate of drug-likeness (QED) is 0.731. The zero-order valence-corrected chi connectivity index (χ0v) is 18.8. The number of amides is 2. The second kappa shape index (κ2) is 10.2. The number of rotatable bonds is 4. The molecule has 0 unspecified atom stereocenters. The molecule has 3 heterocycles. The average molecular weight is 437 g/mol. The third-order valence-corrected chi connectivity index (χ3v) is 5.53. The number of aliphatic hydroxyl groups excluding tert-OH is 1. The molecule has 8 heteroatoms. The first-order valence-corrected chi connectivity index (χ1v) is 10.5. The number of aromatic nitrogens is 2. The molecule has 1 aliphatic heterocycles. The van der Waals surface area contributed by atoms with Gasteiger partial charge in [-0.1, -0.05) is 18.8 Å². The van der Waals surface area contributed by atoms with E-state index in [4.69, 9.17) is 4.74 Å². The average Bonchev–Trinajstić information content (AvgIpc) is 2.80. The van der Waals surface area contributed by atoms with Gasteiger partial charge in [-0.25, -0.2) is 4.98 Å². The van der Waals surface area contributed by atoms with Gasteiger partial charge in [0, 0.05) is 56.2 Å². The van der Waals surface area contributed by atoms with E-state index in [1.54, 1.807) is 54.5 Å². The van der Waals surface area contributed by atoms with Gasteiger partial charge in [-0.15, -0.1) is 0 Å². The van der Waals surface area contributed by atoms with Crippen LogP contribution in [0.15, 0.2) is 36.8 Å². The van der Waals surface area contributed by atoms with Gasteiger partial charge in [-0.2, -0.15) is 0 Å². The Bertz CT molecular complexity index is 1030. The number of carbonyl (C=O) groups is 2. The fourth-order valence-corrected chi connectivity index (χ4v) is 3.37. The van der Waals surface area contributed by atoms with Gasteiger partial charge in [-0.3, -0.25) is 14.6 Å². The predicted molar refractivity (Wildman–Crippen MR) is 119 cm³/mol. The Kier molecular flexibility index (Phi) is 7.44. The van der Waals surface area contributed by atoms with Gasteiger partial charge < -0.3 is 19.6 Å². The molecule has 3 atom stereocenters. The van der Waals surface area contributed by atoms with Gasteiger partial charge in [-0.05, 0) is 25.1 Å². The molecular weight excluding hydrogens is 408 g/mol. The van der Waals surface area contributed by atoms with Gasteiger partial charge >= 0.3 is 0 Å². The van der Waals surface area contributed by atoms with Crippen LogP contribution in [0.4, 0.5) is 0 Å². The van der Waals surface area contributed by atoms with Crippen LogP contribution in [0.2, 0.25) is 0 Å². The molecule has 1 aliphatic rings. The molecule has 0 bridgehead atoms. The molecule has 8 nitrogen and oxygen atoms in total. The van der Waals surface area contributed by atoms with Crippen LogP contribution in [0.25, 0.3) is 0 Å². The van der Waals surface area contributed by atoms with Crippen molar-refractivity contribution in [1.29, 1.82) is 0 Å². The van der Waals surface area contributed by atoms with Crippen molar-refractivity contribution in [2.24, 2.45) is 5.92 Å². The summed E-state index contributed by atoms with van der Waals surface area (Å²) in [4.78, 5) is 36.8. The lowest BCUT2D eigenvalue weighted by atomic mass is 10.00. The van der Waals surface area contributed by atoms with E-state index in [1.807, 2.05) is 13.0 Å². The molecular formula is C24H28N4O4. The van der Waals surface area contributed by atoms with Crippen molar-refractivity contribution in [2.45, 2.75) is 32.9 Å². The third-order valence-electron chi connectivity index (χ3n) is 5.53. The molecule has 168 valence electrons. The lowest BCUT2D eigenvalue weighted by molar-refractivity contribution is -0.129. The summed E-state index contributed by atoms with van der Waals surface area (Å²) in [6, 6.07) is 4.92. The van der Waals surface area contributed by atoms with Crippen molar-refractivity contribution in [1.82, 2.24) is 19.8 Å². The Morgan fingerprint density at radius 3 is 2.78 bits per heavy atom. The number of ether oxygens (including phenoxy) is 1. The molecule has 0 saturated carbocycles. The smallest absolute Gasteiger partial charge is 0.259 e. The Morgan fingerprint density at radius 1 is 1.38 bits per heavy atom. The number of fused-ring (bicyclic) bond motifs is 1. The zero-order chi connectivity index (χ0) is 23.3. The highest BCUT2D eigenvalue weighted by atomic mass is 16.5. The predicted octanol–water partition coefficient (Wildman–Crippen LogP) is 1.57. The Hall–Kier alpha value is -3.44. The SMILES string of the molecule is CC(=O)N(C)C[C@H]1Oc2ncc(C#Cc3cccnc3)cc2C(=O)N([C@@H](C)CO)C[C@@H]1C. The lowest BCUT2D eigenvalue weighted by Crippen LogP contribution is -2.50. The maximum absolute atomic E-state index is 13.4. The summed E-state index contributed by atoms with van der Waals surface area (Å²) in [7, 11) is 1.71. The van der Waals surface area contributed by atoms with Crippen LogP contribution < -0.4 is 4.74 Å². The van der Waals surface area contributed by atoms with Crippen molar-refractivity contribution < 1.29 is 19.4 Å². The number of carbonyl (C=O) groups excluding carboxylic acids is 2. The third kappa shape index (κ3) is 5.42. The van der Waals surface area contributed by atoms with E-state index in [-0.39, 0.29) is 47.9 Å². The van der Waals surface area contributed by atoms with Crippen LogP contribution in [-0.2, 0) is 4.79 Å². The monoisotopic (exact) mass is 436 g/mol. The lowest BCUT2D eigenvalue weighted by Gasteiger charge is -2.37. The highest BCUT2D eigenvalue weighted by molar-refractivity contribution is 5.97. The topological polar surface area (TPSA) is 95.9 Å². The molecule has 0 spiro atoms. The summed E-state index contributed by atoms with van der Waals surface area (Å²) in [5.74, 6) is 5.78. The molecule has 0 aliphatic carbocycles. The van der Waals surface area contributed by atoms with Crippen LogP contribution in [0, 0.1) is 17.8 Å². The first kappa shape index (κ1) is 23.2. The van der Waals surface area contributed by atoms with Crippen molar-refractivity contribution in [3.05, 3.63) is 53.5 Å². The van der Waals surface area contributed by atoms with Crippen LogP contribution in [0.3, 0.4) is 0 Å². The largest absolute Gasteiger partial charge is 0.472 e. The van der Waals surface area contributed by atoms with Crippen LogP contribution in [-0.4, -0.2) is 75.6 Å². The molecule has 32 heavy (non-hydrogen) atoms. The fraction of sp³-hybridized carbons (Fsp3) is 0.417. The first-order chi connectivity index (χ1) is 15.3. The van der Waals surface area contributed by atoms with Crippen molar-refractivity contribution in [3.8, 4) is 17.7 Å². The first-order valence-electron chi connectivity index (χ1n) is 10.5. The van der Waals surface area contributed by atoms with E-state index in [0.29, 0.717) is 18.7 Å². The standard InChI is InChI=1S/C24H28N4O4/c1-16-13-28(17(2)15-29)24(31)21-10-20(8-7-19-6-5-9-25-11-19)12-26-23(21)32-22(16)14-27(4)18(3)30/h5-6,9-12,16-17,22,29H,13-15H2,1-4H3/t16-,17-,22+/m0/s1. The minimum atomic E-state index is -0.382. The molecule has 2 amide bonds. The van der Waals surface area contributed by atoms with Crippen molar-refractivity contribution in [3.63, 3.8) is 0 Å². The molecule has 2 aromatic rings. The minimum absolute atomic E-state index is 0.0753. The summed E-state index contributed by atoms with van der Waals surface area (Å²) < 4.78 is 6.15. The van der Waals surface area contributed by atoms with Gasteiger partial charge in [0.1, 0.15) is 11.7 Å². The Labute approximate surface area is 188 Å². The molecule has 1 N–H and O–H groups in total. The highest BCUT2D eigenvalue weighted by Gasteiger charge is 2.34. The molecule has 0 saturated heterocycles. The molecule has 3 rings (SSSR count). The van der Waals surface area contributed by atoms with Crippen molar-refractivity contribution in [2.75, 3.05) is 26.7 Å². The number of hydrogen-bond donors (Lipinski definition) is 1. The van der Waals surface area contributed by atoms with Crippen LogP contribution in [0.1, 0.15) is 42.3 Å². The van der Waals surface area contributed by atoms with E-state index in [9.17, 15) is 14.7 Å². The Balaban J connectivity index is 2.00. The summed E-state index contributed by atoms with van der Waals surface area (Å²) >= 11 is 0. The van der Waals surface area contributed by atoms with E-state index in [2.05, 4.69) is 21.8 Å². The summed E-state index contributed by atoms with van der Waals surface area (Å²) in [6.07, 6.45) is 4.52. The van der Waals surface area contributed by atoms with Gasteiger partial charge in [0.05, 0.1) is 19.2 Å². The number of nitrogens with zero attached hydrogens (tertiary/aromatic N) is 4. The van der Waals surface area contributed by atoms with Crippen molar-refractivity contribution >= 4 is 11.8 Å². The molecule has 0 fully saturated rings.